The minimum Gasteiger partial charge on any atom is -0.497 e. The molecule has 0 fully saturated rings. The van der Waals surface area contributed by atoms with E-state index >= 15 is 0 Å². The molecular formula is C19H17Cl2N3O4. The van der Waals surface area contributed by atoms with Crippen LogP contribution in [0.2, 0.25) is 10.0 Å². The molecular weight excluding hydrogens is 405 g/mol. The third-order valence-electron chi connectivity index (χ3n) is 3.79. The van der Waals surface area contributed by atoms with Crippen LogP contribution in [0, 0.1) is 0 Å². The Morgan fingerprint density at radius 2 is 1.82 bits per heavy atom. The molecule has 0 radical (unpaired) electrons. The van der Waals surface area contributed by atoms with Crippen molar-refractivity contribution in [1.29, 1.82) is 0 Å². The van der Waals surface area contributed by atoms with E-state index in [2.05, 4.69) is 15.6 Å². The van der Waals surface area contributed by atoms with Crippen molar-refractivity contribution in [2.45, 2.75) is 13.3 Å². The molecule has 0 saturated heterocycles. The van der Waals surface area contributed by atoms with Crippen molar-refractivity contribution in [2.24, 2.45) is 0 Å². The maximum absolute atomic E-state index is 12.6. The number of nitrogens with one attached hydrogen (secondary N) is 1. The van der Waals surface area contributed by atoms with Gasteiger partial charge in [0.25, 0.3) is 5.91 Å². The van der Waals surface area contributed by atoms with Crippen LogP contribution in [0.1, 0.15) is 23.7 Å². The Labute approximate surface area is 171 Å². The lowest BCUT2D eigenvalue weighted by Gasteiger charge is -2.11. The van der Waals surface area contributed by atoms with Crippen molar-refractivity contribution in [1.82, 2.24) is 10.3 Å². The molecule has 0 unspecified atom stereocenters. The molecule has 1 amide bonds. The molecule has 146 valence electrons. The van der Waals surface area contributed by atoms with Crippen LogP contribution in [0.15, 0.2) is 41.0 Å². The van der Waals surface area contributed by atoms with Gasteiger partial charge in [-0.3, -0.25) is 4.79 Å². The average molecular weight is 422 g/mol. The molecule has 1 aromatic heterocycles. The minimum atomic E-state index is -0.462. The third kappa shape index (κ3) is 4.37. The number of nitrogens with zero attached hydrogens (tertiary/aromatic N) is 2. The maximum Gasteiger partial charge on any atom is 0.257 e. The molecule has 2 aromatic carbocycles. The standard InChI is InChI=1S/C19H17Cl2N3O4/c1-3-8-27-17-14(20)9-12(10-15(17)21)19(25)22-18-16(23-28-24-18)11-4-6-13(26-2)7-5-11/h4-7,9-10H,3,8H2,1-2H3,(H,22,24,25). The van der Waals surface area contributed by atoms with E-state index in [0.29, 0.717) is 29.4 Å². The zero-order chi connectivity index (χ0) is 20.1. The fraction of sp³-hybridized carbons (Fsp3) is 0.211. The molecule has 7 nitrogen and oxygen atoms in total. The third-order valence-corrected chi connectivity index (χ3v) is 4.36. The van der Waals surface area contributed by atoms with E-state index in [-0.39, 0.29) is 21.4 Å². The summed E-state index contributed by atoms with van der Waals surface area (Å²) in [5.74, 6) is 0.759. The normalized spacial score (nSPS) is 10.6. The van der Waals surface area contributed by atoms with Gasteiger partial charge < -0.3 is 14.8 Å². The summed E-state index contributed by atoms with van der Waals surface area (Å²) in [5, 5.41) is 10.8. The molecule has 0 aliphatic heterocycles. The molecule has 9 heteroatoms. The monoisotopic (exact) mass is 421 g/mol. The first-order valence-electron chi connectivity index (χ1n) is 8.43. The molecule has 0 aliphatic rings. The lowest BCUT2D eigenvalue weighted by atomic mass is 10.1. The van der Waals surface area contributed by atoms with Gasteiger partial charge in [0, 0.05) is 11.1 Å². The van der Waals surface area contributed by atoms with Crippen molar-refractivity contribution < 1.29 is 18.9 Å². The second kappa shape index (κ2) is 8.95. The van der Waals surface area contributed by atoms with Crippen molar-refractivity contribution in [3.05, 3.63) is 52.0 Å². The van der Waals surface area contributed by atoms with Crippen LogP contribution in [0.25, 0.3) is 11.3 Å². The Morgan fingerprint density at radius 1 is 1.14 bits per heavy atom. The van der Waals surface area contributed by atoms with Gasteiger partial charge in [0.1, 0.15) is 5.75 Å². The number of halogens is 2. The maximum atomic E-state index is 12.6. The highest BCUT2D eigenvalue weighted by Gasteiger charge is 2.19. The summed E-state index contributed by atoms with van der Waals surface area (Å²) in [6.45, 7) is 2.44. The van der Waals surface area contributed by atoms with Gasteiger partial charge in [-0.2, -0.15) is 0 Å². The number of hydrogen-bond acceptors (Lipinski definition) is 6. The first-order valence-corrected chi connectivity index (χ1v) is 9.19. The highest BCUT2D eigenvalue weighted by molar-refractivity contribution is 6.37. The smallest absolute Gasteiger partial charge is 0.257 e. The molecule has 0 atom stereocenters. The summed E-state index contributed by atoms with van der Waals surface area (Å²) >= 11 is 12.4. The molecule has 0 aliphatic carbocycles. The van der Waals surface area contributed by atoms with Gasteiger partial charge in [-0.05, 0) is 53.1 Å². The molecule has 0 bridgehead atoms. The topological polar surface area (TPSA) is 86.5 Å². The Balaban J connectivity index is 1.81. The summed E-state index contributed by atoms with van der Waals surface area (Å²) in [7, 11) is 1.58. The molecule has 3 aromatic rings. The van der Waals surface area contributed by atoms with E-state index in [0.717, 1.165) is 6.42 Å². The molecule has 0 spiro atoms. The molecule has 1 N–H and O–H groups in total. The van der Waals surface area contributed by atoms with Crippen molar-refractivity contribution in [2.75, 3.05) is 19.0 Å². The van der Waals surface area contributed by atoms with Gasteiger partial charge in [0.05, 0.1) is 23.8 Å². The highest BCUT2D eigenvalue weighted by atomic mass is 35.5. The van der Waals surface area contributed by atoms with Crippen LogP contribution in [-0.4, -0.2) is 29.9 Å². The quantitative estimate of drug-likeness (QED) is 0.571. The predicted molar refractivity (Wildman–Crippen MR) is 106 cm³/mol. The van der Waals surface area contributed by atoms with Gasteiger partial charge in [0.15, 0.2) is 11.4 Å². The second-order valence-corrected chi connectivity index (χ2v) is 6.58. The van der Waals surface area contributed by atoms with Gasteiger partial charge in [-0.25, -0.2) is 4.63 Å². The number of carbonyl (C=O) groups excluding carboxylic acids is 1. The Morgan fingerprint density at radius 3 is 2.43 bits per heavy atom. The second-order valence-electron chi connectivity index (χ2n) is 5.76. The summed E-state index contributed by atoms with van der Waals surface area (Å²) in [5.41, 5.74) is 1.34. The minimum absolute atomic E-state index is 0.175. The van der Waals surface area contributed by atoms with Gasteiger partial charge in [-0.1, -0.05) is 30.1 Å². The van der Waals surface area contributed by atoms with Crippen LogP contribution >= 0.6 is 23.2 Å². The fourth-order valence-electron chi connectivity index (χ4n) is 2.42. The number of amides is 1. The SMILES string of the molecule is CCCOc1c(Cl)cc(C(=O)Nc2nonc2-c2ccc(OC)cc2)cc1Cl. The number of benzene rings is 2. The van der Waals surface area contributed by atoms with Crippen LogP contribution in [0.5, 0.6) is 11.5 Å². The summed E-state index contributed by atoms with van der Waals surface area (Å²) in [6, 6.07) is 10.1. The van der Waals surface area contributed by atoms with E-state index in [1.165, 1.54) is 12.1 Å². The van der Waals surface area contributed by atoms with Crippen LogP contribution in [0.3, 0.4) is 0 Å². The summed E-state index contributed by atoms with van der Waals surface area (Å²) < 4.78 is 15.4. The molecule has 0 saturated carbocycles. The first-order chi connectivity index (χ1) is 13.5. The van der Waals surface area contributed by atoms with Gasteiger partial charge >= 0.3 is 0 Å². The van der Waals surface area contributed by atoms with Crippen molar-refractivity contribution >= 4 is 34.9 Å². The van der Waals surface area contributed by atoms with Gasteiger partial charge in [-0.15, -0.1) is 0 Å². The fourth-order valence-corrected chi connectivity index (χ4v) is 3.02. The van der Waals surface area contributed by atoms with Crippen LogP contribution in [0.4, 0.5) is 5.82 Å². The van der Waals surface area contributed by atoms with Gasteiger partial charge in [0.2, 0.25) is 5.82 Å². The lowest BCUT2D eigenvalue weighted by molar-refractivity contribution is 0.102. The zero-order valence-corrected chi connectivity index (χ0v) is 16.7. The van der Waals surface area contributed by atoms with E-state index in [1.807, 2.05) is 6.92 Å². The van der Waals surface area contributed by atoms with E-state index in [9.17, 15) is 4.79 Å². The number of methoxy groups -OCH3 is 1. The average Bonchev–Trinajstić information content (AvgIpc) is 3.15. The van der Waals surface area contributed by atoms with Crippen LogP contribution in [-0.2, 0) is 0 Å². The van der Waals surface area contributed by atoms with Crippen molar-refractivity contribution in [3.63, 3.8) is 0 Å². The summed E-state index contributed by atoms with van der Waals surface area (Å²) in [6.07, 6.45) is 0.808. The predicted octanol–water partition coefficient (Wildman–Crippen LogP) is 5.09. The molecule has 1 heterocycles. The highest BCUT2D eigenvalue weighted by Crippen LogP contribution is 2.35. The zero-order valence-electron chi connectivity index (χ0n) is 15.2. The first kappa shape index (κ1) is 20.0. The number of anilines is 1. The Hall–Kier alpha value is -2.77. The van der Waals surface area contributed by atoms with E-state index in [1.54, 1.807) is 31.4 Å². The number of ether oxygens (including phenoxy) is 2. The number of rotatable bonds is 7. The lowest BCUT2D eigenvalue weighted by Crippen LogP contribution is -2.13. The summed E-state index contributed by atoms with van der Waals surface area (Å²) in [4.78, 5) is 12.6. The number of carbonyl (C=O) groups is 1. The largest absolute Gasteiger partial charge is 0.497 e. The Kier molecular flexibility index (Phi) is 6.38. The van der Waals surface area contributed by atoms with E-state index < -0.39 is 5.91 Å². The Bertz CT molecular complexity index is 951. The van der Waals surface area contributed by atoms with Crippen molar-refractivity contribution in [3.8, 4) is 22.8 Å². The number of aromatic nitrogens is 2. The van der Waals surface area contributed by atoms with Crippen LogP contribution < -0.4 is 14.8 Å². The van der Waals surface area contributed by atoms with E-state index in [4.69, 9.17) is 37.3 Å². The number of hydrogen-bond donors (Lipinski definition) is 1. The molecule has 3 rings (SSSR count). The molecule has 28 heavy (non-hydrogen) atoms.